The smallest absolute Gasteiger partial charge is 0.251 e. The summed E-state index contributed by atoms with van der Waals surface area (Å²) in [5, 5.41) is 9.35. The highest BCUT2D eigenvalue weighted by atomic mass is 16.5. The van der Waals surface area contributed by atoms with E-state index >= 15 is 0 Å². The molecule has 6 heteroatoms. The number of hydrogen-bond donors (Lipinski definition) is 2. The number of rotatable bonds is 6. The molecule has 0 bridgehead atoms. The molecular formula is C14H18N4O2. The first-order chi connectivity index (χ1) is 9.70. The topological polar surface area (TPSA) is 79.9 Å². The van der Waals surface area contributed by atoms with E-state index in [-0.39, 0.29) is 11.9 Å². The maximum absolute atomic E-state index is 12.1. The van der Waals surface area contributed by atoms with Gasteiger partial charge in [0.15, 0.2) is 0 Å². The van der Waals surface area contributed by atoms with Crippen molar-refractivity contribution in [2.75, 3.05) is 6.61 Å². The lowest BCUT2D eigenvalue weighted by molar-refractivity contribution is 0.0938. The van der Waals surface area contributed by atoms with E-state index in [2.05, 4.69) is 20.5 Å². The molecule has 20 heavy (non-hydrogen) atoms. The molecule has 0 aliphatic heterocycles. The van der Waals surface area contributed by atoms with E-state index in [1.165, 1.54) is 6.33 Å². The van der Waals surface area contributed by atoms with E-state index in [1.54, 1.807) is 18.2 Å². The van der Waals surface area contributed by atoms with Crippen LogP contribution in [0.25, 0.3) is 0 Å². The highest BCUT2D eigenvalue weighted by Gasteiger charge is 2.13. The fourth-order valence-corrected chi connectivity index (χ4v) is 1.72. The minimum absolute atomic E-state index is 0.171. The Balaban J connectivity index is 2.01. The SMILES string of the molecule is CCCOc1cccc(C(=O)NC(C)c2ncn[nH]2)c1. The monoisotopic (exact) mass is 274 g/mol. The fourth-order valence-electron chi connectivity index (χ4n) is 1.72. The molecule has 1 aromatic heterocycles. The predicted octanol–water partition coefficient (Wildman–Crippen LogP) is 2.08. The van der Waals surface area contributed by atoms with Crippen molar-refractivity contribution in [2.24, 2.45) is 0 Å². The molecular weight excluding hydrogens is 256 g/mol. The summed E-state index contributed by atoms with van der Waals surface area (Å²) in [4.78, 5) is 16.2. The summed E-state index contributed by atoms with van der Waals surface area (Å²) in [5.74, 6) is 1.15. The zero-order chi connectivity index (χ0) is 14.4. The van der Waals surface area contributed by atoms with Crippen LogP contribution in [-0.2, 0) is 0 Å². The molecule has 1 aromatic carbocycles. The van der Waals surface area contributed by atoms with E-state index in [9.17, 15) is 4.79 Å². The molecule has 0 aliphatic carbocycles. The van der Waals surface area contributed by atoms with Gasteiger partial charge in [-0.25, -0.2) is 4.98 Å². The van der Waals surface area contributed by atoms with Gasteiger partial charge in [-0.3, -0.25) is 9.89 Å². The predicted molar refractivity (Wildman–Crippen MR) is 74.5 cm³/mol. The van der Waals surface area contributed by atoms with Crippen molar-refractivity contribution >= 4 is 5.91 Å². The second-order valence-electron chi connectivity index (χ2n) is 4.44. The summed E-state index contributed by atoms with van der Waals surface area (Å²) in [6.07, 6.45) is 2.34. The van der Waals surface area contributed by atoms with E-state index in [1.807, 2.05) is 19.9 Å². The lowest BCUT2D eigenvalue weighted by Crippen LogP contribution is -2.27. The van der Waals surface area contributed by atoms with Gasteiger partial charge in [-0.1, -0.05) is 13.0 Å². The minimum Gasteiger partial charge on any atom is -0.494 e. The van der Waals surface area contributed by atoms with Crippen LogP contribution in [0.5, 0.6) is 5.75 Å². The molecule has 1 atom stereocenters. The summed E-state index contributed by atoms with van der Waals surface area (Å²) in [6, 6.07) is 6.90. The Bertz CT molecular complexity index is 554. The molecule has 106 valence electrons. The van der Waals surface area contributed by atoms with Gasteiger partial charge in [-0.15, -0.1) is 0 Å². The van der Waals surface area contributed by atoms with Crippen molar-refractivity contribution < 1.29 is 9.53 Å². The van der Waals surface area contributed by atoms with E-state index in [0.29, 0.717) is 23.7 Å². The van der Waals surface area contributed by atoms with E-state index < -0.39 is 0 Å². The van der Waals surface area contributed by atoms with Crippen LogP contribution in [0.4, 0.5) is 0 Å². The summed E-state index contributed by atoms with van der Waals surface area (Å²) >= 11 is 0. The third-order valence-corrected chi connectivity index (χ3v) is 2.76. The quantitative estimate of drug-likeness (QED) is 0.845. The van der Waals surface area contributed by atoms with E-state index in [4.69, 9.17) is 4.74 Å². The van der Waals surface area contributed by atoms with Gasteiger partial charge in [-0.05, 0) is 31.5 Å². The van der Waals surface area contributed by atoms with Crippen LogP contribution >= 0.6 is 0 Å². The number of hydrogen-bond acceptors (Lipinski definition) is 4. The van der Waals surface area contributed by atoms with Gasteiger partial charge in [0.05, 0.1) is 12.6 Å². The zero-order valence-corrected chi connectivity index (χ0v) is 11.6. The number of benzene rings is 1. The molecule has 2 rings (SSSR count). The first kappa shape index (κ1) is 14.0. The van der Waals surface area contributed by atoms with Gasteiger partial charge in [0.2, 0.25) is 0 Å². The highest BCUT2D eigenvalue weighted by Crippen LogP contribution is 2.14. The molecule has 2 N–H and O–H groups in total. The Morgan fingerprint density at radius 2 is 2.35 bits per heavy atom. The number of carbonyl (C=O) groups is 1. The lowest BCUT2D eigenvalue weighted by atomic mass is 10.2. The number of nitrogens with zero attached hydrogens (tertiary/aromatic N) is 2. The number of aromatic nitrogens is 3. The molecule has 1 heterocycles. The van der Waals surface area contributed by atoms with Gasteiger partial charge in [0.25, 0.3) is 5.91 Å². The Morgan fingerprint density at radius 1 is 1.50 bits per heavy atom. The van der Waals surface area contributed by atoms with Gasteiger partial charge < -0.3 is 10.1 Å². The number of ether oxygens (including phenoxy) is 1. The van der Waals surface area contributed by atoms with Crippen LogP contribution in [0.2, 0.25) is 0 Å². The molecule has 0 aliphatic rings. The van der Waals surface area contributed by atoms with Gasteiger partial charge in [0, 0.05) is 5.56 Å². The second-order valence-corrected chi connectivity index (χ2v) is 4.44. The molecule has 2 aromatic rings. The van der Waals surface area contributed by atoms with Gasteiger partial charge >= 0.3 is 0 Å². The average Bonchev–Trinajstić information content (AvgIpc) is 2.99. The molecule has 6 nitrogen and oxygen atoms in total. The maximum atomic E-state index is 12.1. The summed E-state index contributed by atoms with van der Waals surface area (Å²) in [6.45, 7) is 4.52. The van der Waals surface area contributed by atoms with Crippen LogP contribution in [0, 0.1) is 0 Å². The molecule has 0 radical (unpaired) electrons. The summed E-state index contributed by atoms with van der Waals surface area (Å²) in [7, 11) is 0. The summed E-state index contributed by atoms with van der Waals surface area (Å²) in [5.41, 5.74) is 0.560. The highest BCUT2D eigenvalue weighted by molar-refractivity contribution is 5.94. The first-order valence-electron chi connectivity index (χ1n) is 6.59. The first-order valence-corrected chi connectivity index (χ1v) is 6.59. The van der Waals surface area contributed by atoms with Crippen molar-refractivity contribution in [3.05, 3.63) is 42.0 Å². The number of carbonyl (C=O) groups excluding carboxylic acids is 1. The van der Waals surface area contributed by atoms with E-state index in [0.717, 1.165) is 6.42 Å². The fraction of sp³-hybridized carbons (Fsp3) is 0.357. The molecule has 1 unspecified atom stereocenters. The third-order valence-electron chi connectivity index (χ3n) is 2.76. The number of nitrogens with one attached hydrogen (secondary N) is 2. The van der Waals surface area contributed by atoms with Crippen molar-refractivity contribution in [1.29, 1.82) is 0 Å². The number of amides is 1. The normalized spacial score (nSPS) is 11.9. The second kappa shape index (κ2) is 6.70. The van der Waals surface area contributed by atoms with Crippen molar-refractivity contribution in [1.82, 2.24) is 20.5 Å². The van der Waals surface area contributed by atoms with Crippen LogP contribution in [0.15, 0.2) is 30.6 Å². The lowest BCUT2D eigenvalue weighted by Gasteiger charge is -2.12. The molecule has 0 fully saturated rings. The Morgan fingerprint density at radius 3 is 3.05 bits per heavy atom. The summed E-state index contributed by atoms with van der Waals surface area (Å²) < 4.78 is 5.51. The third kappa shape index (κ3) is 3.57. The van der Waals surface area contributed by atoms with Crippen molar-refractivity contribution in [3.63, 3.8) is 0 Å². The van der Waals surface area contributed by atoms with Crippen LogP contribution in [-0.4, -0.2) is 27.7 Å². The zero-order valence-electron chi connectivity index (χ0n) is 11.6. The van der Waals surface area contributed by atoms with Crippen molar-refractivity contribution in [2.45, 2.75) is 26.3 Å². The van der Waals surface area contributed by atoms with Crippen LogP contribution in [0.1, 0.15) is 42.5 Å². The van der Waals surface area contributed by atoms with Crippen LogP contribution in [0.3, 0.4) is 0 Å². The van der Waals surface area contributed by atoms with Gasteiger partial charge in [0.1, 0.15) is 17.9 Å². The molecule has 0 saturated carbocycles. The molecule has 0 spiro atoms. The molecule has 0 saturated heterocycles. The Hall–Kier alpha value is -2.37. The van der Waals surface area contributed by atoms with Gasteiger partial charge in [-0.2, -0.15) is 5.10 Å². The maximum Gasteiger partial charge on any atom is 0.251 e. The number of H-pyrrole nitrogens is 1. The van der Waals surface area contributed by atoms with Crippen molar-refractivity contribution in [3.8, 4) is 5.75 Å². The largest absolute Gasteiger partial charge is 0.494 e. The Labute approximate surface area is 117 Å². The Kier molecular flexibility index (Phi) is 4.70. The average molecular weight is 274 g/mol. The minimum atomic E-state index is -0.231. The standard InChI is InChI=1S/C14H18N4O2/c1-3-7-20-12-6-4-5-11(8-12)14(19)17-10(2)13-15-9-16-18-13/h4-6,8-10H,3,7H2,1-2H3,(H,17,19)(H,15,16,18). The van der Waals surface area contributed by atoms with Crippen LogP contribution < -0.4 is 10.1 Å². The molecule has 1 amide bonds. The number of aromatic amines is 1.